The number of carboxylic acid groups (broad SMARTS) is 2. The first kappa shape index (κ1) is 15.1. The topological polar surface area (TPSA) is 83.8 Å². The van der Waals surface area contributed by atoms with Gasteiger partial charge in [-0.1, -0.05) is 13.3 Å². The molecule has 5 nitrogen and oxygen atoms in total. The van der Waals surface area contributed by atoms with E-state index in [9.17, 15) is 9.59 Å². The summed E-state index contributed by atoms with van der Waals surface area (Å²) in [5.74, 6) is -2.98. The molecule has 0 amide bonds. The molecule has 16 heavy (non-hydrogen) atoms. The second-order valence-corrected chi connectivity index (χ2v) is 5.93. The van der Waals surface area contributed by atoms with Gasteiger partial charge in [0.2, 0.25) is 0 Å². The lowest BCUT2D eigenvalue weighted by Gasteiger charge is -2.28. The molecular formula is C10H20O5Si. The predicted octanol–water partition coefficient (Wildman–Crippen LogP) is 0.727. The van der Waals surface area contributed by atoms with Crippen molar-refractivity contribution in [3.63, 3.8) is 0 Å². The summed E-state index contributed by atoms with van der Waals surface area (Å²) in [6.45, 7) is 2.95. The number of hydrogen-bond donors (Lipinski definition) is 2. The van der Waals surface area contributed by atoms with Gasteiger partial charge in [-0.3, -0.25) is 9.59 Å². The molecule has 0 aliphatic carbocycles. The molecule has 0 aromatic carbocycles. The first-order chi connectivity index (χ1) is 7.36. The molecule has 0 saturated carbocycles. The van der Waals surface area contributed by atoms with Crippen molar-refractivity contribution in [2.75, 3.05) is 7.11 Å². The molecule has 2 unspecified atom stereocenters. The Kier molecular flexibility index (Phi) is 6.28. The Labute approximate surface area is 97.7 Å². The van der Waals surface area contributed by atoms with Gasteiger partial charge < -0.3 is 14.6 Å². The third-order valence-corrected chi connectivity index (χ3v) is 4.31. The summed E-state index contributed by atoms with van der Waals surface area (Å²) in [5, 5.41) is 18.0. The third-order valence-electron chi connectivity index (χ3n) is 3.11. The van der Waals surface area contributed by atoms with Crippen molar-refractivity contribution in [2.24, 2.45) is 11.3 Å². The van der Waals surface area contributed by atoms with Crippen LogP contribution in [0.1, 0.15) is 26.7 Å². The lowest BCUT2D eigenvalue weighted by atomic mass is 9.75. The van der Waals surface area contributed by atoms with Crippen molar-refractivity contribution in [3.8, 4) is 0 Å². The summed E-state index contributed by atoms with van der Waals surface area (Å²) in [6.07, 6.45) is 1.09. The van der Waals surface area contributed by atoms with E-state index in [1.807, 2.05) is 0 Å². The quantitative estimate of drug-likeness (QED) is 0.488. The molecule has 2 N–H and O–H groups in total. The molecule has 0 fully saturated rings. The summed E-state index contributed by atoms with van der Waals surface area (Å²) in [4.78, 5) is 22.0. The minimum atomic E-state index is -1.19. The Morgan fingerprint density at radius 2 is 2.00 bits per heavy atom. The van der Waals surface area contributed by atoms with Gasteiger partial charge in [0, 0.05) is 7.11 Å². The molecule has 0 spiro atoms. The maximum absolute atomic E-state index is 11.1. The minimum absolute atomic E-state index is 0.381. The molecule has 0 aromatic rings. The third kappa shape index (κ3) is 3.94. The summed E-state index contributed by atoms with van der Waals surface area (Å²) in [6, 6.07) is 0.881. The van der Waals surface area contributed by atoms with Gasteiger partial charge in [-0.05, 0) is 19.4 Å². The van der Waals surface area contributed by atoms with Crippen molar-refractivity contribution < 1.29 is 24.2 Å². The van der Waals surface area contributed by atoms with Crippen molar-refractivity contribution in [2.45, 2.75) is 32.7 Å². The Morgan fingerprint density at radius 1 is 1.44 bits per heavy atom. The van der Waals surface area contributed by atoms with Crippen LogP contribution < -0.4 is 0 Å². The number of rotatable bonds is 8. The highest BCUT2D eigenvalue weighted by Crippen LogP contribution is 2.33. The monoisotopic (exact) mass is 248 g/mol. The lowest BCUT2D eigenvalue weighted by Crippen LogP contribution is -2.38. The van der Waals surface area contributed by atoms with Crippen molar-refractivity contribution >= 4 is 21.7 Å². The van der Waals surface area contributed by atoms with Crippen LogP contribution >= 0.6 is 0 Å². The van der Waals surface area contributed by atoms with Crippen LogP contribution in [-0.2, 0) is 14.0 Å². The van der Waals surface area contributed by atoms with Crippen LogP contribution in [0, 0.1) is 11.3 Å². The van der Waals surface area contributed by atoms with Crippen molar-refractivity contribution in [1.29, 1.82) is 0 Å². The van der Waals surface area contributed by atoms with Crippen molar-refractivity contribution in [3.05, 3.63) is 0 Å². The maximum Gasteiger partial charge on any atom is 0.310 e. The van der Waals surface area contributed by atoms with Gasteiger partial charge >= 0.3 is 11.9 Å². The van der Waals surface area contributed by atoms with Crippen LogP contribution in [0.2, 0.25) is 6.04 Å². The highest BCUT2D eigenvalue weighted by Gasteiger charge is 2.42. The zero-order chi connectivity index (χ0) is 12.8. The number of aliphatic carboxylic acids is 2. The molecule has 0 rings (SSSR count). The summed E-state index contributed by atoms with van der Waals surface area (Å²) < 4.78 is 5.00. The van der Waals surface area contributed by atoms with Crippen molar-refractivity contribution in [1.82, 2.24) is 0 Å². The number of carbonyl (C=O) groups is 2. The molecule has 0 radical (unpaired) electrons. The van der Waals surface area contributed by atoms with Crippen LogP contribution in [0.5, 0.6) is 0 Å². The second kappa shape index (κ2) is 6.65. The summed E-state index contributed by atoms with van der Waals surface area (Å²) in [5.41, 5.74) is -1.19. The lowest BCUT2D eigenvalue weighted by molar-refractivity contribution is -0.161. The van der Waals surface area contributed by atoms with Crippen LogP contribution in [-0.4, -0.2) is 39.0 Å². The predicted molar refractivity (Wildman–Crippen MR) is 62.1 cm³/mol. The Morgan fingerprint density at radius 3 is 2.38 bits per heavy atom. The molecule has 0 bridgehead atoms. The average molecular weight is 248 g/mol. The van der Waals surface area contributed by atoms with Gasteiger partial charge in [0.25, 0.3) is 0 Å². The second-order valence-electron chi connectivity index (χ2n) is 4.23. The molecule has 0 aromatic heterocycles. The molecule has 94 valence electrons. The van der Waals surface area contributed by atoms with Gasteiger partial charge in [-0.2, -0.15) is 0 Å². The fourth-order valence-corrected chi connectivity index (χ4v) is 2.26. The van der Waals surface area contributed by atoms with Gasteiger partial charge in [0.05, 0.1) is 11.3 Å². The van der Waals surface area contributed by atoms with E-state index in [1.54, 1.807) is 7.11 Å². The smallest absolute Gasteiger partial charge is 0.310 e. The van der Waals surface area contributed by atoms with E-state index in [4.69, 9.17) is 14.6 Å². The molecule has 0 aliphatic rings. The highest BCUT2D eigenvalue weighted by atomic mass is 28.2. The first-order valence-electron chi connectivity index (χ1n) is 5.31. The van der Waals surface area contributed by atoms with E-state index in [0.717, 1.165) is 6.04 Å². The summed E-state index contributed by atoms with van der Waals surface area (Å²) in [7, 11) is 1.09. The van der Waals surface area contributed by atoms with Crippen LogP contribution in [0.25, 0.3) is 0 Å². The first-order valence-corrected chi connectivity index (χ1v) is 6.89. The fourth-order valence-electron chi connectivity index (χ4n) is 1.52. The van der Waals surface area contributed by atoms with Crippen LogP contribution in [0.15, 0.2) is 0 Å². The van der Waals surface area contributed by atoms with E-state index < -0.39 is 33.0 Å². The molecule has 6 heteroatoms. The molecule has 2 atom stereocenters. The van der Waals surface area contributed by atoms with Gasteiger partial charge in [0.15, 0.2) is 9.76 Å². The zero-order valence-corrected chi connectivity index (χ0v) is 11.4. The Bertz CT molecular complexity index is 256. The molecule has 0 saturated heterocycles. The number of hydrogen-bond acceptors (Lipinski definition) is 3. The Hall–Kier alpha value is -0.883. The largest absolute Gasteiger partial charge is 0.481 e. The van der Waals surface area contributed by atoms with Gasteiger partial charge in [-0.15, -0.1) is 0 Å². The standard InChI is InChI=1S/C10H20O5Si/c1-7(8(11)12)10(2,9(13)14)5-4-6-16-15-3/h7H,4-6,16H2,1-3H3,(H,11,12)(H,13,14). The van der Waals surface area contributed by atoms with E-state index in [-0.39, 0.29) is 0 Å². The molecule has 0 heterocycles. The van der Waals surface area contributed by atoms with E-state index in [0.29, 0.717) is 12.8 Å². The van der Waals surface area contributed by atoms with Crippen LogP contribution in [0.3, 0.4) is 0 Å². The van der Waals surface area contributed by atoms with E-state index in [2.05, 4.69) is 0 Å². The normalized spacial score (nSPS) is 17.2. The van der Waals surface area contributed by atoms with E-state index >= 15 is 0 Å². The van der Waals surface area contributed by atoms with Crippen LogP contribution in [0.4, 0.5) is 0 Å². The Balaban J connectivity index is 4.46. The van der Waals surface area contributed by atoms with E-state index in [1.165, 1.54) is 13.8 Å². The average Bonchev–Trinajstić information content (AvgIpc) is 2.22. The maximum atomic E-state index is 11.1. The molecule has 0 aliphatic heterocycles. The number of carboxylic acids is 2. The van der Waals surface area contributed by atoms with Gasteiger partial charge in [-0.25, -0.2) is 0 Å². The minimum Gasteiger partial charge on any atom is -0.481 e. The fraction of sp³-hybridized carbons (Fsp3) is 0.800. The van der Waals surface area contributed by atoms with Gasteiger partial charge in [0.1, 0.15) is 0 Å². The molecular weight excluding hydrogens is 228 g/mol. The zero-order valence-electron chi connectivity index (χ0n) is 10.0. The highest BCUT2D eigenvalue weighted by molar-refractivity contribution is 6.26. The SMILES string of the molecule is CO[SiH2]CCCC(C)(C(=O)O)C(C)C(=O)O. The summed E-state index contributed by atoms with van der Waals surface area (Å²) >= 11 is 0.